The molecule has 0 atom stereocenters. The summed E-state index contributed by atoms with van der Waals surface area (Å²) in [7, 11) is 0. The molecule has 1 heterocycles. The van der Waals surface area contributed by atoms with Crippen LogP contribution in [0.1, 0.15) is 12.0 Å². The number of carbonyl (C=O) groups is 2. The molecule has 0 aliphatic carbocycles. The molecule has 3 aromatic rings. The Morgan fingerprint density at radius 1 is 1.09 bits per heavy atom. The molecule has 0 saturated carbocycles. The van der Waals surface area contributed by atoms with Crippen molar-refractivity contribution in [1.82, 2.24) is 4.98 Å². The van der Waals surface area contributed by atoms with Crippen molar-refractivity contribution in [3.05, 3.63) is 48.0 Å². The lowest BCUT2D eigenvalue weighted by molar-refractivity contribution is -0.129. The molecule has 0 saturated heterocycles. The molecule has 3 rings (SSSR count). The first-order valence-electron chi connectivity index (χ1n) is 9.49. The van der Waals surface area contributed by atoms with E-state index in [0.29, 0.717) is 26.8 Å². The first-order chi connectivity index (χ1) is 15.7. The highest BCUT2D eigenvalue weighted by atomic mass is 32.2. The summed E-state index contributed by atoms with van der Waals surface area (Å²) >= 11 is 2.28. The van der Waals surface area contributed by atoms with E-state index < -0.39 is 24.4 Å². The number of anilines is 2. The highest BCUT2D eigenvalue weighted by Gasteiger charge is 2.26. The number of fused-ring (bicyclic) bond motifs is 1. The fourth-order valence-corrected chi connectivity index (χ4v) is 4.76. The Labute approximate surface area is 194 Å². The van der Waals surface area contributed by atoms with Crippen LogP contribution in [0.5, 0.6) is 0 Å². The summed E-state index contributed by atoms with van der Waals surface area (Å²) in [5.74, 6) is -1.06. The number of hydrogen-bond donors (Lipinski definition) is 2. The van der Waals surface area contributed by atoms with Gasteiger partial charge in [0.2, 0.25) is 11.8 Å². The van der Waals surface area contributed by atoms with Gasteiger partial charge in [0.1, 0.15) is 13.2 Å². The monoisotopic (exact) mass is 494 g/mol. The van der Waals surface area contributed by atoms with E-state index in [9.17, 15) is 22.8 Å². The zero-order valence-electron chi connectivity index (χ0n) is 16.9. The first kappa shape index (κ1) is 24.5. The zero-order valence-corrected chi connectivity index (χ0v) is 18.6. The Morgan fingerprint density at radius 3 is 2.45 bits per heavy atom. The van der Waals surface area contributed by atoms with Crippen LogP contribution in [0.15, 0.2) is 46.8 Å². The summed E-state index contributed by atoms with van der Waals surface area (Å²) in [6.45, 7) is -0.707. The number of thioether (sulfide) groups is 1. The number of nitrogens with zero attached hydrogens (tertiary/aromatic N) is 2. The number of rotatable bonds is 9. The molecule has 2 amide bonds. The number of aromatic nitrogens is 1. The van der Waals surface area contributed by atoms with Gasteiger partial charge in [0.25, 0.3) is 0 Å². The van der Waals surface area contributed by atoms with Gasteiger partial charge < -0.3 is 15.4 Å². The number of amides is 2. The second-order valence-electron chi connectivity index (χ2n) is 6.66. The summed E-state index contributed by atoms with van der Waals surface area (Å²) in [6, 6.07) is 13.3. The molecule has 2 aromatic carbocycles. The van der Waals surface area contributed by atoms with E-state index in [4.69, 9.17) is 10.00 Å². The van der Waals surface area contributed by atoms with Crippen molar-refractivity contribution in [1.29, 1.82) is 5.26 Å². The fourth-order valence-electron chi connectivity index (χ4n) is 2.59. The maximum Gasteiger partial charge on any atom is 0.389 e. The zero-order chi connectivity index (χ0) is 23.8. The van der Waals surface area contributed by atoms with E-state index in [2.05, 4.69) is 15.6 Å². The molecule has 7 nitrogen and oxygen atoms in total. The number of hydrogen-bond acceptors (Lipinski definition) is 7. The Bertz CT molecular complexity index is 1190. The van der Waals surface area contributed by atoms with Gasteiger partial charge in [-0.25, -0.2) is 4.98 Å². The van der Waals surface area contributed by atoms with Gasteiger partial charge in [0, 0.05) is 17.1 Å². The van der Waals surface area contributed by atoms with Crippen LogP contribution in [0.2, 0.25) is 0 Å². The lowest BCUT2D eigenvalue weighted by atomic mass is 10.2. The third-order valence-electron chi connectivity index (χ3n) is 4.01. The summed E-state index contributed by atoms with van der Waals surface area (Å²) in [5.41, 5.74) is 1.95. The lowest BCUT2D eigenvalue weighted by Gasteiger charge is -2.07. The fraction of sp³-hybridized carbons (Fsp3) is 0.238. The van der Waals surface area contributed by atoms with Crippen LogP contribution < -0.4 is 10.6 Å². The van der Waals surface area contributed by atoms with Gasteiger partial charge in [-0.15, -0.1) is 11.3 Å². The van der Waals surface area contributed by atoms with Crippen molar-refractivity contribution in [2.45, 2.75) is 16.9 Å². The van der Waals surface area contributed by atoms with Gasteiger partial charge in [-0.2, -0.15) is 18.4 Å². The van der Waals surface area contributed by atoms with Crippen molar-refractivity contribution in [3.8, 4) is 6.07 Å². The lowest BCUT2D eigenvalue weighted by Crippen LogP contribution is -2.23. The molecule has 0 spiro atoms. The molecule has 172 valence electrons. The number of ether oxygens (including phenoxy) is 1. The number of halogens is 3. The van der Waals surface area contributed by atoms with E-state index in [0.717, 1.165) is 16.5 Å². The third kappa shape index (κ3) is 8.05. The number of thiazole rings is 1. The minimum Gasteiger partial charge on any atom is -0.362 e. The topological polar surface area (TPSA) is 104 Å². The van der Waals surface area contributed by atoms with Crippen molar-refractivity contribution < 1.29 is 27.5 Å². The largest absolute Gasteiger partial charge is 0.389 e. The van der Waals surface area contributed by atoms with E-state index in [1.54, 1.807) is 36.4 Å². The quantitative estimate of drug-likeness (QED) is 0.414. The van der Waals surface area contributed by atoms with Crippen LogP contribution in [0.4, 0.5) is 24.5 Å². The number of nitriles is 1. The van der Waals surface area contributed by atoms with Gasteiger partial charge in [-0.1, -0.05) is 17.8 Å². The Morgan fingerprint density at radius 2 is 1.79 bits per heavy atom. The molecule has 33 heavy (non-hydrogen) atoms. The van der Waals surface area contributed by atoms with Crippen molar-refractivity contribution >= 4 is 56.5 Å². The van der Waals surface area contributed by atoms with E-state index in [1.165, 1.54) is 17.4 Å². The first-order valence-corrected chi connectivity index (χ1v) is 11.3. The SMILES string of the molecule is N#Cc1cccc(NC(=O)COCC(=O)Nc2ccc3nc(SCCC(F)(F)F)sc3c2)c1. The predicted octanol–water partition coefficient (Wildman–Crippen LogP) is 4.81. The van der Waals surface area contributed by atoms with Crippen LogP contribution in [0.3, 0.4) is 0 Å². The minimum atomic E-state index is -4.20. The highest BCUT2D eigenvalue weighted by Crippen LogP contribution is 2.33. The molecular weight excluding hydrogens is 477 g/mol. The van der Waals surface area contributed by atoms with Crippen molar-refractivity contribution in [3.63, 3.8) is 0 Å². The number of benzene rings is 2. The molecule has 0 aliphatic heterocycles. The molecule has 0 bridgehead atoms. The molecule has 2 N–H and O–H groups in total. The second kappa shape index (κ2) is 11.1. The predicted molar refractivity (Wildman–Crippen MR) is 120 cm³/mol. The van der Waals surface area contributed by atoms with Crippen molar-refractivity contribution in [2.24, 2.45) is 0 Å². The van der Waals surface area contributed by atoms with Crippen LogP contribution in [0.25, 0.3) is 10.2 Å². The smallest absolute Gasteiger partial charge is 0.362 e. The van der Waals surface area contributed by atoms with Crippen LogP contribution in [-0.2, 0) is 14.3 Å². The maximum atomic E-state index is 12.3. The summed E-state index contributed by atoms with van der Waals surface area (Å²) < 4.78 is 43.2. The molecule has 0 unspecified atom stereocenters. The summed E-state index contributed by atoms with van der Waals surface area (Å²) in [5, 5.41) is 14.1. The summed E-state index contributed by atoms with van der Waals surface area (Å²) in [4.78, 5) is 28.3. The highest BCUT2D eigenvalue weighted by molar-refractivity contribution is 8.01. The standard InChI is InChI=1S/C21H17F3N4O3S2/c22-21(23,24)6-7-32-20-28-16-5-4-15(9-17(16)33-20)27-19(30)12-31-11-18(29)26-14-3-1-2-13(8-14)10-25/h1-5,8-9H,6-7,11-12H2,(H,26,29)(H,27,30). The number of alkyl halides is 3. The summed E-state index contributed by atoms with van der Waals surface area (Å²) in [6.07, 6.45) is -5.09. The molecule has 0 fully saturated rings. The van der Waals surface area contributed by atoms with E-state index in [1.807, 2.05) is 6.07 Å². The average Bonchev–Trinajstić information content (AvgIpc) is 3.14. The average molecular weight is 495 g/mol. The third-order valence-corrected chi connectivity index (χ3v) is 6.17. The van der Waals surface area contributed by atoms with Gasteiger partial charge in [0.05, 0.1) is 28.3 Å². The Hall–Kier alpha value is -3.14. The van der Waals surface area contributed by atoms with Gasteiger partial charge in [-0.3, -0.25) is 9.59 Å². The van der Waals surface area contributed by atoms with Gasteiger partial charge in [-0.05, 0) is 36.4 Å². The minimum absolute atomic E-state index is 0.110. The van der Waals surface area contributed by atoms with Crippen LogP contribution in [-0.4, -0.2) is 41.9 Å². The molecule has 0 radical (unpaired) electrons. The molecule has 0 aliphatic rings. The number of nitrogens with one attached hydrogen (secondary N) is 2. The molecule has 1 aromatic heterocycles. The van der Waals surface area contributed by atoms with Gasteiger partial charge in [0.15, 0.2) is 4.34 Å². The van der Waals surface area contributed by atoms with Crippen molar-refractivity contribution in [2.75, 3.05) is 29.6 Å². The molecule has 12 heteroatoms. The van der Waals surface area contributed by atoms with Crippen LogP contribution >= 0.6 is 23.1 Å². The van der Waals surface area contributed by atoms with Gasteiger partial charge >= 0.3 is 6.18 Å². The van der Waals surface area contributed by atoms with E-state index >= 15 is 0 Å². The second-order valence-corrected chi connectivity index (χ2v) is 9.03. The Balaban J connectivity index is 1.45. The Kier molecular flexibility index (Phi) is 8.26. The van der Waals surface area contributed by atoms with Crippen LogP contribution in [0, 0.1) is 11.3 Å². The number of carbonyl (C=O) groups excluding carboxylic acids is 2. The molecular formula is C21H17F3N4O3S2. The maximum absolute atomic E-state index is 12.3. The van der Waals surface area contributed by atoms with E-state index in [-0.39, 0.29) is 19.0 Å². The normalized spacial score (nSPS) is 11.2.